The topological polar surface area (TPSA) is 37.3 Å². The minimum absolute atomic E-state index is 0.00289. The lowest BCUT2D eigenvalue weighted by Gasteiger charge is -2.01. The highest BCUT2D eigenvalue weighted by molar-refractivity contribution is 6.30. The molecule has 2 aromatic rings. The number of carbonyl (C=O) groups excluding carboxylic acids is 1. The average Bonchev–Trinajstić information content (AvgIpc) is 2.53. The minimum atomic E-state index is -0.214. The van der Waals surface area contributed by atoms with Crippen LogP contribution in [0.15, 0.2) is 66.3 Å². The summed E-state index contributed by atoms with van der Waals surface area (Å²) in [6.07, 6.45) is 6.07. The molecule has 0 saturated heterocycles. The van der Waals surface area contributed by atoms with Gasteiger partial charge in [0.05, 0.1) is 5.56 Å². The van der Waals surface area contributed by atoms with E-state index in [1.54, 1.807) is 24.3 Å². The van der Waals surface area contributed by atoms with Gasteiger partial charge in [-0.15, -0.1) is 0 Å². The Labute approximate surface area is 135 Å². The van der Waals surface area contributed by atoms with Crippen LogP contribution >= 0.6 is 11.6 Å². The molecule has 0 unspecified atom stereocenters. The molecule has 1 N–H and O–H groups in total. The number of halogens is 1. The monoisotopic (exact) mass is 312 g/mol. The van der Waals surface area contributed by atoms with Gasteiger partial charge in [0, 0.05) is 5.02 Å². The maximum Gasteiger partial charge on any atom is 0.189 e. The molecule has 0 bridgehead atoms. The van der Waals surface area contributed by atoms with Gasteiger partial charge in [0.25, 0.3) is 0 Å². The summed E-state index contributed by atoms with van der Waals surface area (Å²) >= 11 is 5.86. The van der Waals surface area contributed by atoms with Crippen LogP contribution in [0.4, 0.5) is 0 Å². The van der Waals surface area contributed by atoms with E-state index in [2.05, 4.69) is 0 Å². The zero-order chi connectivity index (χ0) is 15.9. The normalized spacial score (nSPS) is 11.8. The van der Waals surface area contributed by atoms with Gasteiger partial charge >= 0.3 is 0 Å². The number of ketones is 1. The zero-order valence-electron chi connectivity index (χ0n) is 12.3. The van der Waals surface area contributed by atoms with Gasteiger partial charge in [-0.25, -0.2) is 0 Å². The van der Waals surface area contributed by atoms with E-state index >= 15 is 0 Å². The number of hydrogen-bond acceptors (Lipinski definition) is 2. The molecule has 0 fully saturated rings. The third kappa shape index (κ3) is 4.34. The van der Waals surface area contributed by atoms with E-state index in [9.17, 15) is 9.90 Å². The Morgan fingerprint density at radius 3 is 2.41 bits per heavy atom. The lowest BCUT2D eigenvalue weighted by atomic mass is 10.1. The summed E-state index contributed by atoms with van der Waals surface area (Å²) < 4.78 is 0. The first-order valence-corrected chi connectivity index (χ1v) is 7.44. The van der Waals surface area contributed by atoms with Crippen molar-refractivity contribution in [2.45, 2.75) is 13.3 Å². The second-order valence-electron chi connectivity index (χ2n) is 4.84. The molecule has 2 rings (SSSR count). The van der Waals surface area contributed by atoms with Crippen LogP contribution in [0.25, 0.3) is 6.08 Å². The van der Waals surface area contributed by atoms with Gasteiger partial charge in [0.2, 0.25) is 0 Å². The van der Waals surface area contributed by atoms with Gasteiger partial charge in [0.1, 0.15) is 5.75 Å². The van der Waals surface area contributed by atoms with Gasteiger partial charge in [-0.3, -0.25) is 4.79 Å². The fourth-order valence-electron chi connectivity index (χ4n) is 2.00. The molecule has 0 spiro atoms. The van der Waals surface area contributed by atoms with Gasteiger partial charge < -0.3 is 5.11 Å². The largest absolute Gasteiger partial charge is 0.507 e. The average molecular weight is 313 g/mol. The summed E-state index contributed by atoms with van der Waals surface area (Å²) in [5.41, 5.74) is 2.35. The molecule has 2 aromatic carbocycles. The fraction of sp³-hybridized carbons (Fsp3) is 0.105. The molecule has 0 aliphatic carbocycles. The van der Waals surface area contributed by atoms with E-state index in [0.29, 0.717) is 10.6 Å². The third-order valence-electron chi connectivity index (χ3n) is 3.25. The highest BCUT2D eigenvalue weighted by atomic mass is 35.5. The summed E-state index contributed by atoms with van der Waals surface area (Å²) in [6, 6.07) is 14.0. The highest BCUT2D eigenvalue weighted by Gasteiger charge is 2.06. The Hall–Kier alpha value is -2.32. The molecular weight excluding hydrogens is 296 g/mol. The van der Waals surface area contributed by atoms with Crippen LogP contribution in [-0.4, -0.2) is 10.9 Å². The SMILES string of the molecule is CCC(/C=C/C(=O)c1ccccc1O)=C\c1ccc(Cl)cc1. The molecule has 112 valence electrons. The van der Waals surface area contributed by atoms with E-state index < -0.39 is 0 Å². The highest BCUT2D eigenvalue weighted by Crippen LogP contribution is 2.18. The van der Waals surface area contributed by atoms with E-state index in [1.807, 2.05) is 37.3 Å². The van der Waals surface area contributed by atoms with Crippen LogP contribution in [0.1, 0.15) is 29.3 Å². The van der Waals surface area contributed by atoms with Crippen molar-refractivity contribution < 1.29 is 9.90 Å². The minimum Gasteiger partial charge on any atom is -0.507 e. The molecule has 0 aliphatic rings. The molecule has 0 atom stereocenters. The fourth-order valence-corrected chi connectivity index (χ4v) is 2.12. The molecule has 0 amide bonds. The first-order chi connectivity index (χ1) is 10.6. The maximum absolute atomic E-state index is 12.1. The van der Waals surface area contributed by atoms with E-state index in [1.165, 1.54) is 12.1 Å². The third-order valence-corrected chi connectivity index (χ3v) is 3.50. The molecule has 0 aromatic heterocycles. The number of benzene rings is 2. The number of aromatic hydroxyl groups is 1. The zero-order valence-corrected chi connectivity index (χ0v) is 13.0. The van der Waals surface area contributed by atoms with Crippen molar-refractivity contribution in [1.29, 1.82) is 0 Å². The Morgan fingerprint density at radius 1 is 1.09 bits per heavy atom. The number of rotatable bonds is 5. The first-order valence-electron chi connectivity index (χ1n) is 7.06. The Balaban J connectivity index is 2.17. The number of phenolic OH excluding ortho intramolecular Hbond substituents is 1. The Bertz CT molecular complexity index is 712. The van der Waals surface area contributed by atoms with Crippen LogP contribution in [-0.2, 0) is 0 Å². The number of phenols is 1. The van der Waals surface area contributed by atoms with E-state index in [4.69, 9.17) is 11.6 Å². The van der Waals surface area contributed by atoms with Crippen LogP contribution in [0.2, 0.25) is 5.02 Å². The van der Waals surface area contributed by atoms with Crippen LogP contribution in [0, 0.1) is 0 Å². The van der Waals surface area contributed by atoms with Crippen molar-refractivity contribution in [3.63, 3.8) is 0 Å². The maximum atomic E-state index is 12.1. The predicted molar refractivity (Wildman–Crippen MR) is 91.3 cm³/mol. The lowest BCUT2D eigenvalue weighted by Crippen LogP contribution is -1.94. The number of allylic oxidation sites excluding steroid dienone is 3. The molecule has 3 heteroatoms. The standard InChI is InChI=1S/C19H17ClO2/c1-2-14(13-15-7-10-16(20)11-8-15)9-12-19(22)17-5-3-4-6-18(17)21/h3-13,21H,2H2,1H3/b12-9+,14-13+. The summed E-state index contributed by atoms with van der Waals surface area (Å²) in [5.74, 6) is -0.217. The smallest absolute Gasteiger partial charge is 0.189 e. The van der Waals surface area contributed by atoms with E-state index in [-0.39, 0.29) is 11.5 Å². The van der Waals surface area contributed by atoms with E-state index in [0.717, 1.165) is 17.6 Å². The second-order valence-corrected chi connectivity index (χ2v) is 5.28. The summed E-state index contributed by atoms with van der Waals surface area (Å²) in [5, 5.41) is 10.4. The number of hydrogen-bond donors (Lipinski definition) is 1. The summed E-state index contributed by atoms with van der Waals surface area (Å²) in [6.45, 7) is 2.02. The predicted octanol–water partition coefficient (Wildman–Crippen LogP) is 5.28. The molecule has 22 heavy (non-hydrogen) atoms. The van der Waals surface area contributed by atoms with Crippen molar-refractivity contribution in [3.8, 4) is 5.75 Å². The molecule has 0 radical (unpaired) electrons. The number of carbonyl (C=O) groups is 1. The van der Waals surface area contributed by atoms with Crippen molar-refractivity contribution >= 4 is 23.5 Å². The van der Waals surface area contributed by atoms with Crippen molar-refractivity contribution in [2.24, 2.45) is 0 Å². The summed E-state index contributed by atoms with van der Waals surface area (Å²) in [4.78, 5) is 12.1. The summed E-state index contributed by atoms with van der Waals surface area (Å²) in [7, 11) is 0. The van der Waals surface area contributed by atoms with Gasteiger partial charge in [-0.1, -0.05) is 54.9 Å². The van der Waals surface area contributed by atoms with Crippen LogP contribution in [0.5, 0.6) is 5.75 Å². The lowest BCUT2D eigenvalue weighted by molar-refractivity contribution is 0.104. The van der Waals surface area contributed by atoms with Gasteiger partial charge in [-0.05, 0) is 47.9 Å². The molecular formula is C19H17ClO2. The van der Waals surface area contributed by atoms with Crippen molar-refractivity contribution in [3.05, 3.63) is 82.4 Å². The van der Waals surface area contributed by atoms with Crippen LogP contribution < -0.4 is 0 Å². The second kappa shape index (κ2) is 7.62. The quantitative estimate of drug-likeness (QED) is 0.463. The van der Waals surface area contributed by atoms with Crippen LogP contribution in [0.3, 0.4) is 0 Å². The van der Waals surface area contributed by atoms with Crippen molar-refractivity contribution in [2.75, 3.05) is 0 Å². The molecule has 2 nitrogen and oxygen atoms in total. The number of para-hydroxylation sites is 1. The molecule has 0 heterocycles. The van der Waals surface area contributed by atoms with Gasteiger partial charge in [-0.2, -0.15) is 0 Å². The van der Waals surface area contributed by atoms with Crippen molar-refractivity contribution in [1.82, 2.24) is 0 Å². The molecule has 0 saturated carbocycles. The Morgan fingerprint density at radius 2 is 1.77 bits per heavy atom. The molecule has 0 aliphatic heterocycles. The Kier molecular flexibility index (Phi) is 5.56. The first kappa shape index (κ1) is 16.1. The van der Waals surface area contributed by atoms with Gasteiger partial charge in [0.15, 0.2) is 5.78 Å².